The molecule has 2 aromatic carbocycles. The van der Waals surface area contributed by atoms with Crippen molar-refractivity contribution in [1.29, 1.82) is 0 Å². The summed E-state index contributed by atoms with van der Waals surface area (Å²) in [5, 5.41) is 0.769. The third-order valence-electron chi connectivity index (χ3n) is 4.46. The van der Waals surface area contributed by atoms with Gasteiger partial charge in [0.1, 0.15) is 18.5 Å². The number of anilines is 1. The molecule has 7 nitrogen and oxygen atoms in total. The van der Waals surface area contributed by atoms with Gasteiger partial charge in [-0.15, -0.1) is 0 Å². The van der Waals surface area contributed by atoms with E-state index in [9.17, 15) is 13.0 Å². The van der Waals surface area contributed by atoms with Gasteiger partial charge < -0.3 is 15.2 Å². The topological polar surface area (TPSA) is 112 Å². The number of nitrogen functional groups attached to an aromatic ring is 1. The highest BCUT2D eigenvalue weighted by molar-refractivity contribution is 7.85. The lowest BCUT2D eigenvalue weighted by molar-refractivity contribution is 0.0929. The maximum atomic E-state index is 11.7. The second-order valence-corrected chi connectivity index (χ2v) is 7.93. The smallest absolute Gasteiger partial charge is 0.294 e. The molecule has 0 saturated carbocycles. The molecule has 0 amide bonds. The van der Waals surface area contributed by atoms with Crippen molar-refractivity contribution in [2.75, 3.05) is 12.3 Å². The van der Waals surface area contributed by atoms with Crippen LogP contribution in [-0.4, -0.2) is 30.7 Å². The van der Waals surface area contributed by atoms with Crippen molar-refractivity contribution in [2.24, 2.45) is 0 Å². The molecule has 4 rings (SSSR count). The van der Waals surface area contributed by atoms with E-state index in [1.54, 1.807) is 24.3 Å². The molecule has 1 aliphatic rings. The van der Waals surface area contributed by atoms with Gasteiger partial charge in [0.25, 0.3) is 10.1 Å². The quantitative estimate of drug-likeness (QED) is 0.666. The van der Waals surface area contributed by atoms with Crippen LogP contribution in [0.15, 0.2) is 47.4 Å². The average molecular weight is 386 g/mol. The van der Waals surface area contributed by atoms with Crippen molar-refractivity contribution in [3.63, 3.8) is 0 Å². The van der Waals surface area contributed by atoms with Crippen LogP contribution in [0.1, 0.15) is 11.1 Å². The first-order chi connectivity index (χ1) is 12.8. The molecule has 1 aromatic heterocycles. The number of pyridine rings is 1. The average Bonchev–Trinajstić information content (AvgIpc) is 2.60. The molecule has 8 heteroatoms. The maximum Gasteiger partial charge on any atom is 0.294 e. The van der Waals surface area contributed by atoms with Crippen molar-refractivity contribution in [3.8, 4) is 11.5 Å². The van der Waals surface area contributed by atoms with Crippen molar-refractivity contribution >= 4 is 26.8 Å². The van der Waals surface area contributed by atoms with E-state index in [-0.39, 0.29) is 17.9 Å². The predicted molar refractivity (Wildman–Crippen MR) is 101 cm³/mol. The fourth-order valence-electron chi connectivity index (χ4n) is 3.26. The lowest BCUT2D eigenvalue weighted by atomic mass is 10.0. The number of nitrogens with two attached hydrogens (primary N) is 1. The minimum absolute atomic E-state index is 0.116. The molecule has 27 heavy (non-hydrogen) atoms. The molecule has 140 valence electrons. The van der Waals surface area contributed by atoms with Gasteiger partial charge in [0.15, 0.2) is 11.5 Å². The molecule has 2 heterocycles. The van der Waals surface area contributed by atoms with Crippen LogP contribution in [0.25, 0.3) is 10.9 Å². The summed E-state index contributed by atoms with van der Waals surface area (Å²) < 4.78 is 44.8. The Morgan fingerprint density at radius 2 is 2.04 bits per heavy atom. The highest BCUT2D eigenvalue weighted by Crippen LogP contribution is 2.39. The Morgan fingerprint density at radius 1 is 1.22 bits per heavy atom. The summed E-state index contributed by atoms with van der Waals surface area (Å²) in [6.45, 7) is 2.12. The Hall–Kier alpha value is -2.84. The third-order valence-corrected chi connectivity index (χ3v) is 5.41. The van der Waals surface area contributed by atoms with E-state index in [1.165, 1.54) is 6.07 Å². The normalized spacial score (nSPS) is 16.4. The van der Waals surface area contributed by atoms with Crippen LogP contribution in [-0.2, 0) is 16.5 Å². The van der Waals surface area contributed by atoms with Crippen LogP contribution in [0.3, 0.4) is 0 Å². The maximum absolute atomic E-state index is 11.7. The highest BCUT2D eigenvalue weighted by Gasteiger charge is 2.26. The van der Waals surface area contributed by atoms with Gasteiger partial charge >= 0.3 is 0 Å². The molecular weight excluding hydrogens is 368 g/mol. The number of nitrogens with zero attached hydrogens (tertiary/aromatic N) is 1. The van der Waals surface area contributed by atoms with E-state index in [4.69, 9.17) is 15.2 Å². The number of rotatable bonds is 3. The molecule has 0 bridgehead atoms. The largest absolute Gasteiger partial charge is 0.486 e. The van der Waals surface area contributed by atoms with Gasteiger partial charge in [-0.3, -0.25) is 4.55 Å². The Morgan fingerprint density at radius 3 is 2.81 bits per heavy atom. The standard InChI is InChI=1S/C19H18N2O5S/c1-11-2-6-17(27(22,23)24)12(8-11)9-13-10-25-16-5-4-15-14(19(16)26-13)3-7-18(20)21-15/h2-8,13H,9-10H2,1H3,(H2,20,21)(H,22,23,24). The number of hydrogen-bond acceptors (Lipinski definition) is 6. The summed E-state index contributed by atoms with van der Waals surface area (Å²) >= 11 is 0. The third kappa shape index (κ3) is 3.41. The molecule has 0 fully saturated rings. The van der Waals surface area contributed by atoms with Gasteiger partial charge in [-0.25, -0.2) is 4.98 Å². The summed E-state index contributed by atoms with van der Waals surface area (Å²) in [4.78, 5) is 4.16. The van der Waals surface area contributed by atoms with Crippen molar-refractivity contribution in [1.82, 2.24) is 4.98 Å². The summed E-state index contributed by atoms with van der Waals surface area (Å²) in [6.07, 6.45) is -0.141. The van der Waals surface area contributed by atoms with Crippen LogP contribution < -0.4 is 15.2 Å². The molecule has 0 saturated heterocycles. The second-order valence-electron chi connectivity index (χ2n) is 6.54. The van der Waals surface area contributed by atoms with E-state index >= 15 is 0 Å². The number of aryl methyl sites for hydroxylation is 1. The Labute approximate surface area is 156 Å². The molecular formula is C19H18N2O5S. The first kappa shape index (κ1) is 17.6. The first-order valence-corrected chi connectivity index (χ1v) is 9.81. The molecule has 0 radical (unpaired) electrons. The lowest BCUT2D eigenvalue weighted by Gasteiger charge is -2.28. The molecule has 1 aliphatic heterocycles. The lowest BCUT2D eigenvalue weighted by Crippen LogP contribution is -2.31. The number of hydrogen-bond donors (Lipinski definition) is 2. The van der Waals surface area contributed by atoms with Crippen LogP contribution in [0, 0.1) is 6.92 Å². The minimum Gasteiger partial charge on any atom is -0.486 e. The number of aromatic nitrogens is 1. The molecule has 3 N–H and O–H groups in total. The Bertz CT molecular complexity index is 1140. The van der Waals surface area contributed by atoms with Crippen molar-refractivity contribution < 1.29 is 22.4 Å². The summed E-state index contributed by atoms with van der Waals surface area (Å²) in [5.74, 6) is 1.56. The number of ether oxygens (including phenoxy) is 2. The Balaban J connectivity index is 1.69. The number of fused-ring (bicyclic) bond motifs is 3. The van der Waals surface area contributed by atoms with Crippen LogP contribution in [0.5, 0.6) is 11.5 Å². The second kappa shape index (κ2) is 6.40. The van der Waals surface area contributed by atoms with Crippen LogP contribution in [0.2, 0.25) is 0 Å². The van der Waals surface area contributed by atoms with E-state index in [0.717, 1.165) is 10.9 Å². The van der Waals surface area contributed by atoms with Crippen LogP contribution in [0.4, 0.5) is 5.82 Å². The van der Waals surface area contributed by atoms with E-state index < -0.39 is 16.2 Å². The van der Waals surface area contributed by atoms with Gasteiger partial charge in [0.05, 0.1) is 10.4 Å². The van der Waals surface area contributed by atoms with Gasteiger partial charge in [0, 0.05) is 11.8 Å². The van der Waals surface area contributed by atoms with Gasteiger partial charge in [-0.2, -0.15) is 8.42 Å². The highest BCUT2D eigenvalue weighted by atomic mass is 32.2. The Kier molecular flexibility index (Phi) is 4.16. The number of benzene rings is 2. The zero-order chi connectivity index (χ0) is 19.2. The SMILES string of the molecule is Cc1ccc(S(=O)(=O)O)c(CC2COc3ccc4nc(N)ccc4c3O2)c1. The van der Waals surface area contributed by atoms with Crippen molar-refractivity contribution in [2.45, 2.75) is 24.3 Å². The molecule has 0 spiro atoms. The molecule has 1 atom stereocenters. The fraction of sp³-hybridized carbons (Fsp3) is 0.211. The van der Waals surface area contributed by atoms with Gasteiger partial charge in [-0.05, 0) is 42.8 Å². The molecule has 3 aromatic rings. The summed E-state index contributed by atoms with van der Waals surface area (Å²) in [5.41, 5.74) is 7.80. The fourth-order valence-corrected chi connectivity index (χ4v) is 3.97. The zero-order valence-electron chi connectivity index (χ0n) is 14.5. The zero-order valence-corrected chi connectivity index (χ0v) is 15.4. The van der Waals surface area contributed by atoms with Gasteiger partial charge in [-0.1, -0.05) is 17.7 Å². The van der Waals surface area contributed by atoms with E-state index in [1.807, 2.05) is 19.1 Å². The van der Waals surface area contributed by atoms with E-state index in [0.29, 0.717) is 28.4 Å². The minimum atomic E-state index is -4.32. The first-order valence-electron chi connectivity index (χ1n) is 8.37. The molecule has 1 unspecified atom stereocenters. The van der Waals surface area contributed by atoms with Crippen LogP contribution >= 0.6 is 0 Å². The monoisotopic (exact) mass is 386 g/mol. The van der Waals surface area contributed by atoms with Gasteiger partial charge in [0.2, 0.25) is 0 Å². The summed E-state index contributed by atoms with van der Waals surface area (Å²) in [6, 6.07) is 11.9. The predicted octanol–water partition coefficient (Wildman–Crippen LogP) is 2.75. The molecule has 0 aliphatic carbocycles. The van der Waals surface area contributed by atoms with Crippen molar-refractivity contribution in [3.05, 3.63) is 53.6 Å². The van der Waals surface area contributed by atoms with E-state index in [2.05, 4.69) is 4.98 Å². The summed E-state index contributed by atoms with van der Waals surface area (Å²) in [7, 11) is -4.32.